The number of nitrogens with one attached hydrogen (secondary N) is 1. The van der Waals surface area contributed by atoms with Crippen LogP contribution in [0.15, 0.2) is 12.4 Å². The number of morpholine rings is 1. The maximum atomic E-state index is 5.35. The van der Waals surface area contributed by atoms with Gasteiger partial charge in [0.2, 0.25) is 5.95 Å². The van der Waals surface area contributed by atoms with Crippen molar-refractivity contribution in [2.75, 3.05) is 58.4 Å². The molecule has 0 aliphatic carbocycles. The van der Waals surface area contributed by atoms with E-state index >= 15 is 0 Å². The molecule has 22 heavy (non-hydrogen) atoms. The minimum atomic E-state index is 0.248. The lowest BCUT2D eigenvalue weighted by Gasteiger charge is -2.28. The Kier molecular flexibility index (Phi) is 6.11. The molecule has 1 N–H and O–H groups in total. The first kappa shape index (κ1) is 17.1. The molecule has 124 valence electrons. The van der Waals surface area contributed by atoms with Crippen LogP contribution in [0, 0.1) is 5.41 Å². The second-order valence-corrected chi connectivity index (χ2v) is 7.00. The molecular weight excluding hydrogens is 278 g/mol. The maximum absolute atomic E-state index is 5.35. The van der Waals surface area contributed by atoms with Gasteiger partial charge in [0.25, 0.3) is 0 Å². The number of ether oxygens (including phenoxy) is 1. The molecule has 0 radical (unpaired) electrons. The van der Waals surface area contributed by atoms with E-state index in [1.807, 2.05) is 12.4 Å². The zero-order valence-corrected chi connectivity index (χ0v) is 14.3. The summed E-state index contributed by atoms with van der Waals surface area (Å²) in [5.41, 5.74) is 1.37. The highest BCUT2D eigenvalue weighted by Gasteiger charge is 2.18. The monoisotopic (exact) mass is 307 g/mol. The standard InChI is InChI=1S/C16H29N5O/c1-16(2,13-20(3)4)12-17-9-14-10-18-15(19-11-14)21-5-7-22-8-6-21/h10-11,17H,5-9,12-13H2,1-4H3. The third-order valence-corrected chi connectivity index (χ3v) is 3.66. The zero-order valence-electron chi connectivity index (χ0n) is 14.3. The molecule has 1 saturated heterocycles. The van der Waals surface area contributed by atoms with Gasteiger partial charge >= 0.3 is 0 Å². The van der Waals surface area contributed by atoms with E-state index in [0.29, 0.717) is 0 Å². The second kappa shape index (κ2) is 7.85. The molecular formula is C16H29N5O. The highest BCUT2D eigenvalue weighted by atomic mass is 16.5. The predicted octanol–water partition coefficient (Wildman–Crippen LogP) is 0.991. The Morgan fingerprint density at radius 3 is 2.45 bits per heavy atom. The van der Waals surface area contributed by atoms with Gasteiger partial charge in [-0.3, -0.25) is 0 Å². The van der Waals surface area contributed by atoms with Gasteiger partial charge < -0.3 is 19.9 Å². The summed E-state index contributed by atoms with van der Waals surface area (Å²) in [5.74, 6) is 0.806. The first-order chi connectivity index (χ1) is 10.5. The number of hydrogen-bond donors (Lipinski definition) is 1. The summed E-state index contributed by atoms with van der Waals surface area (Å²) in [6, 6.07) is 0. The van der Waals surface area contributed by atoms with Crippen LogP contribution in [0.4, 0.5) is 5.95 Å². The molecule has 0 bridgehead atoms. The summed E-state index contributed by atoms with van der Waals surface area (Å²) in [7, 11) is 4.22. The van der Waals surface area contributed by atoms with Crippen LogP contribution in [0.2, 0.25) is 0 Å². The van der Waals surface area contributed by atoms with E-state index in [9.17, 15) is 0 Å². The third-order valence-electron chi connectivity index (χ3n) is 3.66. The van der Waals surface area contributed by atoms with Crippen LogP contribution >= 0.6 is 0 Å². The van der Waals surface area contributed by atoms with Crippen molar-refractivity contribution in [3.8, 4) is 0 Å². The molecule has 0 spiro atoms. The number of nitrogens with zero attached hydrogens (tertiary/aromatic N) is 4. The van der Waals surface area contributed by atoms with Gasteiger partial charge in [0, 0.05) is 50.7 Å². The SMILES string of the molecule is CN(C)CC(C)(C)CNCc1cnc(N2CCOCC2)nc1. The number of anilines is 1. The largest absolute Gasteiger partial charge is 0.378 e. The van der Waals surface area contributed by atoms with Gasteiger partial charge in [0.1, 0.15) is 0 Å². The van der Waals surface area contributed by atoms with Gasteiger partial charge in [0.05, 0.1) is 13.2 Å². The van der Waals surface area contributed by atoms with E-state index in [2.05, 4.69) is 53.0 Å². The molecule has 1 aliphatic heterocycles. The molecule has 0 atom stereocenters. The van der Waals surface area contributed by atoms with E-state index in [1.165, 1.54) is 0 Å². The van der Waals surface area contributed by atoms with Crippen LogP contribution < -0.4 is 10.2 Å². The summed E-state index contributed by atoms with van der Waals surface area (Å²) >= 11 is 0. The lowest BCUT2D eigenvalue weighted by atomic mass is 9.93. The number of hydrogen-bond acceptors (Lipinski definition) is 6. The predicted molar refractivity (Wildman–Crippen MR) is 89.1 cm³/mol. The van der Waals surface area contributed by atoms with Crippen molar-refractivity contribution in [1.82, 2.24) is 20.2 Å². The second-order valence-electron chi connectivity index (χ2n) is 7.00. The molecule has 1 fully saturated rings. The van der Waals surface area contributed by atoms with Crippen molar-refractivity contribution >= 4 is 5.95 Å². The minimum Gasteiger partial charge on any atom is -0.378 e. The van der Waals surface area contributed by atoms with Crippen LogP contribution in [0.5, 0.6) is 0 Å². The average Bonchev–Trinajstić information content (AvgIpc) is 2.47. The molecule has 6 heteroatoms. The normalized spacial score (nSPS) is 16.3. The molecule has 0 amide bonds. The number of rotatable bonds is 7. The van der Waals surface area contributed by atoms with E-state index in [1.54, 1.807) is 0 Å². The van der Waals surface area contributed by atoms with Crippen molar-refractivity contribution < 1.29 is 4.74 Å². The van der Waals surface area contributed by atoms with Crippen LogP contribution in [0.1, 0.15) is 19.4 Å². The van der Waals surface area contributed by atoms with Crippen molar-refractivity contribution in [1.29, 1.82) is 0 Å². The van der Waals surface area contributed by atoms with Crippen molar-refractivity contribution in [3.63, 3.8) is 0 Å². The summed E-state index contributed by atoms with van der Waals surface area (Å²) in [6.45, 7) is 10.6. The first-order valence-corrected chi connectivity index (χ1v) is 7.95. The van der Waals surface area contributed by atoms with Gasteiger partial charge in [-0.25, -0.2) is 9.97 Å². The molecule has 0 saturated carbocycles. The quantitative estimate of drug-likeness (QED) is 0.811. The molecule has 0 unspecified atom stereocenters. The Balaban J connectivity index is 1.79. The van der Waals surface area contributed by atoms with Crippen LogP contribution in [0.3, 0.4) is 0 Å². The zero-order chi connectivity index (χ0) is 16.0. The van der Waals surface area contributed by atoms with Crippen molar-refractivity contribution in [2.45, 2.75) is 20.4 Å². The number of aromatic nitrogens is 2. The third kappa shape index (κ3) is 5.51. The van der Waals surface area contributed by atoms with Crippen LogP contribution in [-0.4, -0.2) is 68.4 Å². The Hall–Kier alpha value is -1.24. The Bertz CT molecular complexity index is 440. The minimum absolute atomic E-state index is 0.248. The summed E-state index contributed by atoms with van der Waals surface area (Å²) in [4.78, 5) is 13.3. The highest BCUT2D eigenvalue weighted by Crippen LogP contribution is 2.14. The van der Waals surface area contributed by atoms with Gasteiger partial charge in [0.15, 0.2) is 0 Å². The summed E-state index contributed by atoms with van der Waals surface area (Å²) < 4.78 is 5.35. The molecule has 0 aromatic carbocycles. The fourth-order valence-corrected chi connectivity index (χ4v) is 2.82. The Labute approximate surface area is 133 Å². The highest BCUT2D eigenvalue weighted by molar-refractivity contribution is 5.30. The maximum Gasteiger partial charge on any atom is 0.225 e. The van der Waals surface area contributed by atoms with Crippen LogP contribution in [0.25, 0.3) is 0 Å². The molecule has 1 aliphatic rings. The van der Waals surface area contributed by atoms with Crippen molar-refractivity contribution in [3.05, 3.63) is 18.0 Å². The van der Waals surface area contributed by atoms with Gasteiger partial charge in [-0.1, -0.05) is 13.8 Å². The van der Waals surface area contributed by atoms with Crippen LogP contribution in [-0.2, 0) is 11.3 Å². The summed E-state index contributed by atoms with van der Waals surface area (Å²) in [6.07, 6.45) is 3.84. The molecule has 6 nitrogen and oxygen atoms in total. The lowest BCUT2D eigenvalue weighted by molar-refractivity contribution is 0.122. The van der Waals surface area contributed by atoms with E-state index in [4.69, 9.17) is 4.74 Å². The van der Waals surface area contributed by atoms with Gasteiger partial charge in [-0.15, -0.1) is 0 Å². The average molecular weight is 307 g/mol. The molecule has 2 rings (SSSR count). The van der Waals surface area contributed by atoms with E-state index < -0.39 is 0 Å². The summed E-state index contributed by atoms with van der Waals surface area (Å²) in [5, 5.41) is 3.51. The fraction of sp³-hybridized carbons (Fsp3) is 0.750. The van der Waals surface area contributed by atoms with E-state index in [-0.39, 0.29) is 5.41 Å². The molecule has 1 aromatic rings. The smallest absolute Gasteiger partial charge is 0.225 e. The Morgan fingerprint density at radius 2 is 1.86 bits per heavy atom. The molecule has 2 heterocycles. The van der Waals surface area contributed by atoms with Gasteiger partial charge in [-0.2, -0.15) is 0 Å². The Morgan fingerprint density at radius 1 is 1.23 bits per heavy atom. The van der Waals surface area contributed by atoms with E-state index in [0.717, 1.165) is 57.4 Å². The lowest BCUT2D eigenvalue weighted by Crippen LogP contribution is -2.38. The van der Waals surface area contributed by atoms with Gasteiger partial charge in [-0.05, 0) is 19.5 Å². The first-order valence-electron chi connectivity index (χ1n) is 7.95. The molecule has 1 aromatic heterocycles. The fourth-order valence-electron chi connectivity index (χ4n) is 2.82. The van der Waals surface area contributed by atoms with Crippen molar-refractivity contribution in [2.24, 2.45) is 5.41 Å². The topological polar surface area (TPSA) is 53.5 Å².